The van der Waals surface area contributed by atoms with Crippen molar-refractivity contribution in [1.82, 2.24) is 5.32 Å². The predicted octanol–water partition coefficient (Wildman–Crippen LogP) is 13.6. The molecule has 0 spiro atoms. The number of aliphatic hydroxyl groups excluding tert-OH is 5. The van der Waals surface area contributed by atoms with Gasteiger partial charge in [0.05, 0.1) is 25.4 Å². The largest absolute Gasteiger partial charge is 0.454 e. The summed E-state index contributed by atoms with van der Waals surface area (Å²) >= 11 is 0. The lowest BCUT2D eigenvalue weighted by atomic mass is 9.99. The maximum absolute atomic E-state index is 13.4. The minimum absolute atomic E-state index is 0.112. The molecule has 6 N–H and O–H groups in total. The van der Waals surface area contributed by atoms with Gasteiger partial charge in [0, 0.05) is 6.42 Å². The number of allylic oxidation sites excluding steroid dienone is 11. The molecule has 1 heterocycles. The number of hydrogen-bond donors (Lipinski definition) is 6. The van der Waals surface area contributed by atoms with Crippen LogP contribution in [0.15, 0.2) is 72.9 Å². The van der Waals surface area contributed by atoms with Gasteiger partial charge in [0.2, 0.25) is 5.91 Å². The second kappa shape index (κ2) is 49.9. The summed E-state index contributed by atoms with van der Waals surface area (Å²) in [6, 6.07) is -1.04. The molecule has 1 aliphatic rings. The van der Waals surface area contributed by atoms with Crippen LogP contribution in [0.2, 0.25) is 0 Å². The number of unbranched alkanes of at least 4 members (excludes halogenated alkanes) is 25. The molecular formula is C62H109NO10. The van der Waals surface area contributed by atoms with Crippen molar-refractivity contribution in [1.29, 1.82) is 0 Å². The molecule has 1 amide bonds. The van der Waals surface area contributed by atoms with E-state index in [1.165, 1.54) is 103 Å². The zero-order chi connectivity index (χ0) is 53.3. The average Bonchev–Trinajstić information content (AvgIpc) is 3.39. The van der Waals surface area contributed by atoms with E-state index in [1.54, 1.807) is 6.08 Å². The Bertz CT molecular complexity index is 1460. The van der Waals surface area contributed by atoms with Crippen LogP contribution < -0.4 is 5.32 Å². The molecule has 0 saturated carbocycles. The van der Waals surface area contributed by atoms with Gasteiger partial charge in [0.15, 0.2) is 12.4 Å². The molecule has 0 aromatic heterocycles. The van der Waals surface area contributed by atoms with Crippen LogP contribution in [0.5, 0.6) is 0 Å². The number of amides is 1. The molecule has 0 aromatic rings. The summed E-state index contributed by atoms with van der Waals surface area (Å²) in [4.78, 5) is 26.5. The van der Waals surface area contributed by atoms with E-state index in [-0.39, 0.29) is 19.4 Å². The third kappa shape index (κ3) is 38.3. The smallest absolute Gasteiger partial charge is 0.306 e. The molecule has 0 bridgehead atoms. The molecule has 422 valence electrons. The minimum Gasteiger partial charge on any atom is -0.454 e. The van der Waals surface area contributed by atoms with Crippen molar-refractivity contribution in [3.8, 4) is 0 Å². The number of carbonyl (C=O) groups is 2. The first-order valence-electron chi connectivity index (χ1n) is 29.7. The third-order valence-electron chi connectivity index (χ3n) is 13.6. The summed E-state index contributed by atoms with van der Waals surface area (Å²) in [6.07, 6.45) is 52.2. The van der Waals surface area contributed by atoms with Gasteiger partial charge in [-0.3, -0.25) is 9.59 Å². The van der Waals surface area contributed by atoms with Crippen LogP contribution in [0, 0.1) is 0 Å². The van der Waals surface area contributed by atoms with Gasteiger partial charge in [-0.15, -0.1) is 0 Å². The summed E-state index contributed by atoms with van der Waals surface area (Å²) < 4.78 is 17.6. The molecule has 1 fully saturated rings. The quantitative estimate of drug-likeness (QED) is 0.0195. The molecule has 73 heavy (non-hydrogen) atoms. The molecular weight excluding hydrogens is 919 g/mol. The summed E-state index contributed by atoms with van der Waals surface area (Å²) in [5.41, 5.74) is 0. The van der Waals surface area contributed by atoms with E-state index in [9.17, 15) is 35.1 Å². The minimum atomic E-state index is -1.62. The van der Waals surface area contributed by atoms with Gasteiger partial charge >= 0.3 is 5.97 Å². The van der Waals surface area contributed by atoms with Gasteiger partial charge in [-0.05, 0) is 96.3 Å². The van der Waals surface area contributed by atoms with Crippen molar-refractivity contribution in [3.05, 3.63) is 72.9 Å². The number of carbonyl (C=O) groups excluding carboxylic acids is 2. The summed E-state index contributed by atoms with van der Waals surface area (Å²) in [5.74, 6) is -1.23. The Morgan fingerprint density at radius 3 is 1.47 bits per heavy atom. The summed E-state index contributed by atoms with van der Waals surface area (Å²) in [7, 11) is 0. The Morgan fingerprint density at radius 2 is 0.945 bits per heavy atom. The maximum atomic E-state index is 13.4. The van der Waals surface area contributed by atoms with E-state index >= 15 is 0 Å². The van der Waals surface area contributed by atoms with Crippen LogP contribution in [0.4, 0.5) is 0 Å². The normalized spacial score (nSPS) is 19.9. The fourth-order valence-corrected chi connectivity index (χ4v) is 8.80. The van der Waals surface area contributed by atoms with Gasteiger partial charge in [-0.1, -0.05) is 216 Å². The number of nitrogens with one attached hydrogen (secondary N) is 1. The van der Waals surface area contributed by atoms with E-state index < -0.39 is 67.4 Å². The topological polar surface area (TPSA) is 175 Å². The van der Waals surface area contributed by atoms with E-state index in [0.717, 1.165) is 96.3 Å². The Kier molecular flexibility index (Phi) is 46.6. The van der Waals surface area contributed by atoms with Crippen LogP contribution >= 0.6 is 0 Å². The van der Waals surface area contributed by atoms with Crippen LogP contribution in [-0.4, -0.2) is 99.6 Å². The number of rotatable bonds is 49. The fourth-order valence-electron chi connectivity index (χ4n) is 8.80. The lowest BCUT2D eigenvalue weighted by Gasteiger charge is -2.41. The zero-order valence-electron chi connectivity index (χ0n) is 46.5. The van der Waals surface area contributed by atoms with Gasteiger partial charge in [0.25, 0.3) is 0 Å². The van der Waals surface area contributed by atoms with Crippen molar-refractivity contribution in [3.63, 3.8) is 0 Å². The average molecular weight is 1030 g/mol. The molecule has 11 heteroatoms. The molecule has 0 aliphatic carbocycles. The Balaban J connectivity index is 2.74. The third-order valence-corrected chi connectivity index (χ3v) is 13.6. The first kappa shape index (κ1) is 68.1. The standard InChI is InChI=1S/C62H109NO10/c1-4-7-10-13-16-19-22-24-26-27-28-30-31-34-37-40-43-46-49-55(66)61(70)63-53(54(65)48-45-42-39-36-33-21-18-15-12-9-6-3)52-71-62-60(59(69)58(68)56(51-64)72-62)73-57(67)50-47-44-41-38-35-32-29-25-23-20-17-14-11-8-5-2/h16,19-20,23-24,26,28,30,34,37,45,48,53-56,58-60,62,64-66,68-69H,4-15,17-18,21-22,25,27,29,31-33,35-36,38-44,46-47,49-52H2,1-3H3,(H,63,70)/b19-16-,23-20-,26-24-,30-28-,37-34-,48-45+. The first-order chi connectivity index (χ1) is 35.7. The molecule has 1 saturated heterocycles. The molecule has 8 unspecified atom stereocenters. The van der Waals surface area contributed by atoms with E-state index in [1.807, 2.05) is 6.08 Å². The van der Waals surface area contributed by atoms with Crippen molar-refractivity contribution in [2.75, 3.05) is 13.2 Å². The van der Waals surface area contributed by atoms with Gasteiger partial charge in [-0.2, -0.15) is 0 Å². The van der Waals surface area contributed by atoms with E-state index in [4.69, 9.17) is 14.2 Å². The second-order valence-electron chi connectivity index (χ2n) is 20.4. The zero-order valence-corrected chi connectivity index (χ0v) is 46.5. The van der Waals surface area contributed by atoms with Crippen LogP contribution in [-0.2, 0) is 23.8 Å². The predicted molar refractivity (Wildman–Crippen MR) is 301 cm³/mol. The van der Waals surface area contributed by atoms with Crippen molar-refractivity contribution in [2.45, 2.75) is 294 Å². The van der Waals surface area contributed by atoms with Gasteiger partial charge < -0.3 is 45.1 Å². The second-order valence-corrected chi connectivity index (χ2v) is 20.4. The lowest BCUT2D eigenvalue weighted by Crippen LogP contribution is -2.61. The lowest BCUT2D eigenvalue weighted by molar-refractivity contribution is -0.305. The SMILES string of the molecule is CCCCC/C=C\C/C=C\C/C=C\C/C=C\CCCCC(O)C(=O)NC(COC1OC(CO)C(O)C(O)C1OC(=O)CCCCCCCCC/C=C\CCCCCC)C(O)/C=C/CCCCCCCCCCC. The summed E-state index contributed by atoms with van der Waals surface area (Å²) in [5, 5.41) is 56.8. The van der Waals surface area contributed by atoms with Crippen molar-refractivity contribution < 1.29 is 49.3 Å². The first-order valence-corrected chi connectivity index (χ1v) is 29.7. The van der Waals surface area contributed by atoms with Gasteiger partial charge in [-0.25, -0.2) is 0 Å². The Morgan fingerprint density at radius 1 is 0.534 bits per heavy atom. The van der Waals surface area contributed by atoms with Crippen molar-refractivity contribution >= 4 is 11.9 Å². The number of ether oxygens (including phenoxy) is 3. The fraction of sp³-hybridized carbons (Fsp3) is 0.774. The highest BCUT2D eigenvalue weighted by Gasteiger charge is 2.47. The highest BCUT2D eigenvalue weighted by Crippen LogP contribution is 2.26. The summed E-state index contributed by atoms with van der Waals surface area (Å²) in [6.45, 7) is 5.71. The monoisotopic (exact) mass is 1030 g/mol. The van der Waals surface area contributed by atoms with Crippen LogP contribution in [0.3, 0.4) is 0 Å². The number of aliphatic hydroxyl groups is 5. The van der Waals surface area contributed by atoms with Gasteiger partial charge in [0.1, 0.15) is 24.4 Å². The molecule has 11 nitrogen and oxygen atoms in total. The molecule has 8 atom stereocenters. The number of hydrogen-bond acceptors (Lipinski definition) is 10. The maximum Gasteiger partial charge on any atom is 0.306 e. The van der Waals surface area contributed by atoms with Crippen LogP contribution in [0.25, 0.3) is 0 Å². The van der Waals surface area contributed by atoms with Crippen molar-refractivity contribution in [2.24, 2.45) is 0 Å². The Labute approximate surface area is 445 Å². The Hall–Kier alpha value is -2.90. The number of esters is 1. The molecule has 0 aromatic carbocycles. The van der Waals surface area contributed by atoms with E-state index in [2.05, 4.69) is 86.8 Å². The molecule has 1 aliphatic heterocycles. The highest BCUT2D eigenvalue weighted by molar-refractivity contribution is 5.80. The highest BCUT2D eigenvalue weighted by atomic mass is 16.7. The molecule has 0 radical (unpaired) electrons. The van der Waals surface area contributed by atoms with E-state index in [0.29, 0.717) is 12.8 Å². The molecule has 1 rings (SSSR count). The van der Waals surface area contributed by atoms with Crippen LogP contribution in [0.1, 0.15) is 245 Å².